The minimum atomic E-state index is -0.293. The van der Waals surface area contributed by atoms with Crippen LogP contribution >= 0.6 is 11.8 Å². The van der Waals surface area contributed by atoms with E-state index in [0.717, 1.165) is 40.9 Å². The first-order chi connectivity index (χ1) is 13.3. The number of carbonyl (C=O) groups is 1. The summed E-state index contributed by atoms with van der Waals surface area (Å²) in [4.78, 5) is 23.7. The van der Waals surface area contributed by atoms with Crippen LogP contribution in [0.5, 0.6) is 0 Å². The van der Waals surface area contributed by atoms with Gasteiger partial charge in [0.25, 0.3) is 5.91 Å². The maximum absolute atomic E-state index is 12.0. The Balaban J connectivity index is 1.55. The zero-order valence-electron chi connectivity index (χ0n) is 15.1. The first kappa shape index (κ1) is 17.8. The van der Waals surface area contributed by atoms with E-state index in [-0.39, 0.29) is 11.7 Å². The van der Waals surface area contributed by atoms with Crippen molar-refractivity contribution in [1.29, 1.82) is 0 Å². The lowest BCUT2D eigenvalue weighted by Gasteiger charge is -2.17. The number of carbonyl (C=O) groups excluding carboxylic acids is 1. The van der Waals surface area contributed by atoms with Crippen LogP contribution in [0.3, 0.4) is 0 Å². The molecule has 4 heterocycles. The van der Waals surface area contributed by atoms with Crippen LogP contribution in [-0.4, -0.2) is 56.2 Å². The van der Waals surface area contributed by atoms with Crippen LogP contribution in [0.1, 0.15) is 30.3 Å². The molecule has 9 nitrogen and oxygen atoms in total. The highest BCUT2D eigenvalue weighted by molar-refractivity contribution is 7.99. The SMILES string of the molecule is CCSc1nc(N2CCCC2)c2cnn(CCNC(=O)c3ccno3)c2n1. The number of hydrogen-bond acceptors (Lipinski definition) is 8. The van der Waals surface area contributed by atoms with E-state index >= 15 is 0 Å². The summed E-state index contributed by atoms with van der Waals surface area (Å²) in [5.41, 5.74) is 0.803. The number of hydrogen-bond donors (Lipinski definition) is 1. The van der Waals surface area contributed by atoms with E-state index in [4.69, 9.17) is 9.51 Å². The molecule has 0 atom stereocenters. The summed E-state index contributed by atoms with van der Waals surface area (Å²) in [6.45, 7) is 5.04. The molecule has 0 aromatic carbocycles. The van der Waals surface area contributed by atoms with E-state index < -0.39 is 0 Å². The Labute approximate surface area is 160 Å². The van der Waals surface area contributed by atoms with Crippen molar-refractivity contribution in [3.8, 4) is 0 Å². The second-order valence-corrected chi connectivity index (χ2v) is 7.43. The highest BCUT2D eigenvalue weighted by atomic mass is 32.2. The van der Waals surface area contributed by atoms with Crippen molar-refractivity contribution in [2.24, 2.45) is 0 Å². The summed E-state index contributed by atoms with van der Waals surface area (Å²) < 4.78 is 6.67. The monoisotopic (exact) mass is 387 g/mol. The van der Waals surface area contributed by atoms with Gasteiger partial charge in [0.2, 0.25) is 5.76 Å². The van der Waals surface area contributed by atoms with Gasteiger partial charge in [0, 0.05) is 25.7 Å². The van der Waals surface area contributed by atoms with Crippen molar-refractivity contribution in [1.82, 2.24) is 30.2 Å². The van der Waals surface area contributed by atoms with Gasteiger partial charge in [0.1, 0.15) is 5.82 Å². The molecule has 1 N–H and O–H groups in total. The van der Waals surface area contributed by atoms with Gasteiger partial charge in [-0.25, -0.2) is 14.6 Å². The molecule has 27 heavy (non-hydrogen) atoms. The predicted octanol–water partition coefficient (Wildman–Crippen LogP) is 1.96. The molecule has 0 spiro atoms. The zero-order chi connectivity index (χ0) is 18.6. The number of rotatable bonds is 7. The fourth-order valence-electron chi connectivity index (χ4n) is 3.14. The first-order valence-corrected chi connectivity index (χ1v) is 10.0. The summed E-state index contributed by atoms with van der Waals surface area (Å²) in [7, 11) is 0. The van der Waals surface area contributed by atoms with Crippen LogP contribution in [0.2, 0.25) is 0 Å². The number of thioether (sulfide) groups is 1. The van der Waals surface area contributed by atoms with Crippen LogP contribution in [0, 0.1) is 0 Å². The minimum Gasteiger partial charge on any atom is -0.356 e. The quantitative estimate of drug-likeness (QED) is 0.485. The molecule has 1 aliphatic rings. The van der Waals surface area contributed by atoms with Crippen molar-refractivity contribution in [3.63, 3.8) is 0 Å². The number of fused-ring (bicyclic) bond motifs is 1. The Morgan fingerprint density at radius 3 is 2.93 bits per heavy atom. The fourth-order valence-corrected chi connectivity index (χ4v) is 3.70. The highest BCUT2D eigenvalue weighted by Gasteiger charge is 2.20. The van der Waals surface area contributed by atoms with E-state index in [2.05, 4.69) is 32.4 Å². The van der Waals surface area contributed by atoms with Gasteiger partial charge < -0.3 is 14.7 Å². The number of aromatic nitrogens is 5. The van der Waals surface area contributed by atoms with Gasteiger partial charge in [-0.2, -0.15) is 5.10 Å². The van der Waals surface area contributed by atoms with Gasteiger partial charge >= 0.3 is 0 Å². The Morgan fingerprint density at radius 1 is 1.33 bits per heavy atom. The van der Waals surface area contributed by atoms with E-state index in [1.54, 1.807) is 11.8 Å². The number of amides is 1. The Hall–Kier alpha value is -2.62. The number of nitrogens with one attached hydrogen (secondary N) is 1. The minimum absolute atomic E-state index is 0.195. The first-order valence-electron chi connectivity index (χ1n) is 9.06. The van der Waals surface area contributed by atoms with Crippen LogP contribution in [0.4, 0.5) is 5.82 Å². The van der Waals surface area contributed by atoms with Crippen molar-refractivity contribution in [3.05, 3.63) is 24.2 Å². The van der Waals surface area contributed by atoms with Gasteiger partial charge in [-0.05, 0) is 18.6 Å². The van der Waals surface area contributed by atoms with Gasteiger partial charge in [-0.15, -0.1) is 0 Å². The van der Waals surface area contributed by atoms with Gasteiger partial charge in [0.05, 0.1) is 24.3 Å². The average Bonchev–Trinajstić information content (AvgIpc) is 3.43. The maximum atomic E-state index is 12.0. The van der Waals surface area contributed by atoms with Crippen molar-refractivity contribution in [2.75, 3.05) is 30.3 Å². The molecule has 142 valence electrons. The zero-order valence-corrected chi connectivity index (χ0v) is 15.9. The largest absolute Gasteiger partial charge is 0.356 e. The second-order valence-electron chi connectivity index (χ2n) is 6.19. The molecule has 0 unspecified atom stereocenters. The Bertz CT molecular complexity index is 919. The standard InChI is InChI=1S/C17H21N7O2S/c1-2-27-17-21-14(23-8-3-4-9-23)12-11-19-24(15(12)22-17)10-7-18-16(25)13-5-6-20-26-13/h5-6,11H,2-4,7-10H2,1H3,(H,18,25). The third-order valence-electron chi connectivity index (χ3n) is 4.41. The Kier molecular flexibility index (Phi) is 5.23. The summed E-state index contributed by atoms with van der Waals surface area (Å²) in [6.07, 6.45) is 5.63. The third kappa shape index (κ3) is 3.75. The molecule has 1 saturated heterocycles. The normalized spacial score (nSPS) is 14.2. The smallest absolute Gasteiger partial charge is 0.289 e. The lowest BCUT2D eigenvalue weighted by atomic mass is 10.3. The molecule has 3 aromatic heterocycles. The van der Waals surface area contributed by atoms with Crippen LogP contribution in [-0.2, 0) is 6.54 Å². The number of anilines is 1. The molecular formula is C17H21N7O2S. The molecule has 10 heteroatoms. The molecule has 1 aliphatic heterocycles. The van der Waals surface area contributed by atoms with Gasteiger partial charge in [-0.3, -0.25) is 4.79 Å². The molecule has 1 amide bonds. The van der Waals surface area contributed by atoms with Crippen molar-refractivity contribution < 1.29 is 9.32 Å². The van der Waals surface area contributed by atoms with Crippen LogP contribution < -0.4 is 10.2 Å². The summed E-state index contributed by atoms with van der Waals surface area (Å²) in [5.74, 6) is 1.77. The average molecular weight is 387 g/mol. The summed E-state index contributed by atoms with van der Waals surface area (Å²) >= 11 is 1.62. The second kappa shape index (κ2) is 7.95. The molecule has 0 aliphatic carbocycles. The van der Waals surface area contributed by atoms with Gasteiger partial charge in [-0.1, -0.05) is 23.8 Å². The lowest BCUT2D eigenvalue weighted by Crippen LogP contribution is -2.27. The van der Waals surface area contributed by atoms with Crippen molar-refractivity contribution in [2.45, 2.75) is 31.5 Å². The molecule has 0 saturated carbocycles. The van der Waals surface area contributed by atoms with Crippen LogP contribution in [0.15, 0.2) is 28.1 Å². The van der Waals surface area contributed by atoms with E-state index in [0.29, 0.717) is 13.1 Å². The fraction of sp³-hybridized carbons (Fsp3) is 0.471. The van der Waals surface area contributed by atoms with Crippen LogP contribution in [0.25, 0.3) is 11.0 Å². The van der Waals surface area contributed by atoms with Gasteiger partial charge in [0.15, 0.2) is 10.8 Å². The van der Waals surface area contributed by atoms with E-state index in [9.17, 15) is 4.79 Å². The molecule has 0 radical (unpaired) electrons. The molecule has 0 bridgehead atoms. The maximum Gasteiger partial charge on any atom is 0.289 e. The highest BCUT2D eigenvalue weighted by Crippen LogP contribution is 2.29. The predicted molar refractivity (Wildman–Crippen MR) is 102 cm³/mol. The Morgan fingerprint density at radius 2 is 2.19 bits per heavy atom. The molecular weight excluding hydrogens is 366 g/mol. The topological polar surface area (TPSA) is 102 Å². The summed E-state index contributed by atoms with van der Waals surface area (Å²) in [6, 6.07) is 1.53. The number of nitrogens with zero attached hydrogens (tertiary/aromatic N) is 6. The van der Waals surface area contributed by atoms with Crippen molar-refractivity contribution >= 4 is 34.5 Å². The molecule has 3 aromatic rings. The lowest BCUT2D eigenvalue weighted by molar-refractivity contribution is 0.0915. The third-order valence-corrected chi connectivity index (χ3v) is 5.13. The van der Waals surface area contributed by atoms with E-state index in [1.165, 1.54) is 25.1 Å². The summed E-state index contributed by atoms with van der Waals surface area (Å²) in [5, 5.41) is 12.5. The molecule has 1 fully saturated rings. The molecule has 4 rings (SSSR count). The van der Waals surface area contributed by atoms with E-state index in [1.807, 2.05) is 10.9 Å².